The Morgan fingerprint density at radius 3 is 2.43 bits per heavy atom. The Hall–Kier alpha value is -1.10. The van der Waals surface area contributed by atoms with Crippen LogP contribution in [0.1, 0.15) is 33.1 Å². The molecule has 0 aromatic heterocycles. The molecule has 14 heavy (non-hydrogen) atoms. The zero-order valence-corrected chi connectivity index (χ0v) is 8.62. The number of carboxylic acid groups (broad SMARTS) is 1. The number of hydrogen-bond acceptors (Lipinski definition) is 3. The first-order valence-corrected chi connectivity index (χ1v) is 4.74. The molecule has 0 aliphatic heterocycles. The molecule has 0 saturated carbocycles. The minimum Gasteiger partial charge on any atom is -0.481 e. The molecule has 0 radical (unpaired) electrons. The molecule has 4 N–H and O–H groups in total. The van der Waals surface area contributed by atoms with Gasteiger partial charge in [0.15, 0.2) is 0 Å². The van der Waals surface area contributed by atoms with Gasteiger partial charge in [0, 0.05) is 12.5 Å². The first-order valence-electron chi connectivity index (χ1n) is 4.74. The molecule has 1 amide bonds. The normalized spacial score (nSPS) is 14.7. The molecule has 0 aromatic carbocycles. The van der Waals surface area contributed by atoms with E-state index in [0.29, 0.717) is 12.8 Å². The number of carbonyl (C=O) groups excluding carboxylic acids is 1. The van der Waals surface area contributed by atoms with E-state index in [1.54, 1.807) is 0 Å². The van der Waals surface area contributed by atoms with Crippen molar-refractivity contribution in [3.63, 3.8) is 0 Å². The van der Waals surface area contributed by atoms with Crippen molar-refractivity contribution < 1.29 is 14.7 Å². The van der Waals surface area contributed by atoms with Crippen LogP contribution < -0.4 is 11.1 Å². The maximum Gasteiger partial charge on any atom is 0.303 e. The molecule has 0 bridgehead atoms. The van der Waals surface area contributed by atoms with Crippen molar-refractivity contribution >= 4 is 11.9 Å². The molecule has 82 valence electrons. The SMILES string of the molecule is CCC(N[C@@H](C)CCC(=O)O)C(N)=O. The van der Waals surface area contributed by atoms with E-state index < -0.39 is 11.9 Å². The van der Waals surface area contributed by atoms with Crippen LogP contribution in [0.2, 0.25) is 0 Å². The lowest BCUT2D eigenvalue weighted by atomic mass is 10.1. The summed E-state index contributed by atoms with van der Waals surface area (Å²) < 4.78 is 0. The summed E-state index contributed by atoms with van der Waals surface area (Å²) in [4.78, 5) is 21.1. The minimum atomic E-state index is -0.828. The zero-order valence-electron chi connectivity index (χ0n) is 8.62. The minimum absolute atomic E-state index is 0.0106. The van der Waals surface area contributed by atoms with Gasteiger partial charge in [-0.15, -0.1) is 0 Å². The van der Waals surface area contributed by atoms with Crippen LogP contribution in [-0.2, 0) is 9.59 Å². The monoisotopic (exact) mass is 202 g/mol. The van der Waals surface area contributed by atoms with Crippen LogP contribution in [0.5, 0.6) is 0 Å². The number of hydrogen-bond donors (Lipinski definition) is 3. The van der Waals surface area contributed by atoms with Crippen molar-refractivity contribution in [2.45, 2.75) is 45.2 Å². The quantitative estimate of drug-likeness (QED) is 0.545. The van der Waals surface area contributed by atoms with Crippen molar-refractivity contribution in [2.24, 2.45) is 5.73 Å². The number of nitrogens with one attached hydrogen (secondary N) is 1. The highest BCUT2D eigenvalue weighted by atomic mass is 16.4. The Balaban J connectivity index is 3.84. The number of aliphatic carboxylic acids is 1. The van der Waals surface area contributed by atoms with Crippen molar-refractivity contribution in [1.29, 1.82) is 0 Å². The lowest BCUT2D eigenvalue weighted by molar-refractivity contribution is -0.137. The molecule has 0 heterocycles. The average molecular weight is 202 g/mol. The Morgan fingerprint density at radius 2 is 2.07 bits per heavy atom. The second-order valence-electron chi connectivity index (χ2n) is 3.36. The lowest BCUT2D eigenvalue weighted by Crippen LogP contribution is -2.45. The van der Waals surface area contributed by atoms with E-state index in [0.717, 1.165) is 0 Å². The number of carbonyl (C=O) groups is 2. The van der Waals surface area contributed by atoms with Gasteiger partial charge < -0.3 is 16.2 Å². The molecular formula is C9H18N2O3. The molecule has 0 aromatic rings. The van der Waals surface area contributed by atoms with E-state index >= 15 is 0 Å². The molecule has 0 fully saturated rings. The summed E-state index contributed by atoms with van der Waals surface area (Å²) in [6.45, 7) is 3.70. The number of primary amides is 1. The Bertz CT molecular complexity index is 206. The lowest BCUT2D eigenvalue weighted by Gasteiger charge is -2.18. The highest BCUT2D eigenvalue weighted by Gasteiger charge is 2.15. The molecule has 0 aliphatic carbocycles. The van der Waals surface area contributed by atoms with E-state index in [2.05, 4.69) is 5.32 Å². The third kappa shape index (κ3) is 5.53. The molecule has 1 unspecified atom stereocenters. The van der Waals surface area contributed by atoms with Crippen LogP contribution in [0.3, 0.4) is 0 Å². The predicted molar refractivity (Wildman–Crippen MR) is 52.7 cm³/mol. The second-order valence-corrected chi connectivity index (χ2v) is 3.36. The Kier molecular flexibility index (Phi) is 5.87. The third-order valence-electron chi connectivity index (χ3n) is 2.03. The van der Waals surface area contributed by atoms with E-state index in [1.165, 1.54) is 0 Å². The van der Waals surface area contributed by atoms with Gasteiger partial charge in [0.2, 0.25) is 5.91 Å². The highest BCUT2D eigenvalue weighted by Crippen LogP contribution is 1.99. The van der Waals surface area contributed by atoms with Gasteiger partial charge in [-0.05, 0) is 19.8 Å². The first-order chi connectivity index (χ1) is 6.47. The second kappa shape index (κ2) is 6.37. The average Bonchev–Trinajstić information content (AvgIpc) is 2.10. The summed E-state index contributed by atoms with van der Waals surface area (Å²) in [7, 11) is 0. The molecule has 2 atom stereocenters. The summed E-state index contributed by atoms with van der Waals surface area (Å²) in [5, 5.41) is 11.4. The maximum absolute atomic E-state index is 10.8. The maximum atomic E-state index is 10.8. The van der Waals surface area contributed by atoms with Crippen molar-refractivity contribution in [3.8, 4) is 0 Å². The summed E-state index contributed by atoms with van der Waals surface area (Å²) >= 11 is 0. The summed E-state index contributed by atoms with van der Waals surface area (Å²) in [6, 6.07) is -0.373. The smallest absolute Gasteiger partial charge is 0.303 e. The van der Waals surface area contributed by atoms with Gasteiger partial charge in [-0.25, -0.2) is 0 Å². The number of carboxylic acids is 1. The molecule has 0 rings (SSSR count). The van der Waals surface area contributed by atoms with Gasteiger partial charge in [0.05, 0.1) is 6.04 Å². The fourth-order valence-corrected chi connectivity index (χ4v) is 1.17. The largest absolute Gasteiger partial charge is 0.481 e. The summed E-state index contributed by atoms with van der Waals surface area (Å²) in [5.41, 5.74) is 5.13. The molecular weight excluding hydrogens is 184 g/mol. The van der Waals surface area contributed by atoms with E-state index in [1.807, 2.05) is 13.8 Å². The fourth-order valence-electron chi connectivity index (χ4n) is 1.17. The number of nitrogens with two attached hydrogens (primary N) is 1. The third-order valence-corrected chi connectivity index (χ3v) is 2.03. The summed E-state index contributed by atoms with van der Waals surface area (Å²) in [6.07, 6.45) is 1.22. The van der Waals surface area contributed by atoms with Crippen molar-refractivity contribution in [3.05, 3.63) is 0 Å². The van der Waals surface area contributed by atoms with Crippen LogP contribution in [0, 0.1) is 0 Å². The van der Waals surface area contributed by atoms with Gasteiger partial charge in [0.25, 0.3) is 0 Å². The van der Waals surface area contributed by atoms with Crippen LogP contribution in [0.25, 0.3) is 0 Å². The van der Waals surface area contributed by atoms with Crippen LogP contribution in [0.4, 0.5) is 0 Å². The van der Waals surface area contributed by atoms with Crippen LogP contribution >= 0.6 is 0 Å². The summed E-state index contributed by atoms with van der Waals surface area (Å²) in [5.74, 6) is -1.22. The first kappa shape index (κ1) is 12.9. The van der Waals surface area contributed by atoms with Crippen molar-refractivity contribution in [1.82, 2.24) is 5.32 Å². The van der Waals surface area contributed by atoms with E-state index in [4.69, 9.17) is 10.8 Å². The van der Waals surface area contributed by atoms with Gasteiger partial charge in [-0.2, -0.15) is 0 Å². The van der Waals surface area contributed by atoms with E-state index in [9.17, 15) is 9.59 Å². The topological polar surface area (TPSA) is 92.4 Å². The molecule has 0 aliphatic rings. The fraction of sp³-hybridized carbons (Fsp3) is 0.778. The Labute approximate surface area is 83.7 Å². The molecule has 0 spiro atoms. The van der Waals surface area contributed by atoms with Crippen LogP contribution in [0.15, 0.2) is 0 Å². The zero-order chi connectivity index (χ0) is 11.1. The van der Waals surface area contributed by atoms with Gasteiger partial charge in [0.1, 0.15) is 0 Å². The Morgan fingerprint density at radius 1 is 1.50 bits per heavy atom. The predicted octanol–water partition coefficient (Wildman–Crippen LogP) is 0.0932. The van der Waals surface area contributed by atoms with Gasteiger partial charge in [-0.1, -0.05) is 6.92 Å². The number of rotatable bonds is 7. The van der Waals surface area contributed by atoms with Crippen LogP contribution in [-0.4, -0.2) is 29.1 Å². The standard InChI is InChI=1S/C9H18N2O3/c1-3-7(9(10)14)11-6(2)4-5-8(12)13/h6-7,11H,3-5H2,1-2H3,(H2,10,14)(H,12,13)/t6-,7?/m0/s1. The van der Waals surface area contributed by atoms with Crippen molar-refractivity contribution in [2.75, 3.05) is 0 Å². The molecule has 5 heteroatoms. The number of amides is 1. The molecule has 5 nitrogen and oxygen atoms in total. The highest BCUT2D eigenvalue weighted by molar-refractivity contribution is 5.79. The van der Waals surface area contributed by atoms with E-state index in [-0.39, 0.29) is 18.5 Å². The van der Waals surface area contributed by atoms with Gasteiger partial charge >= 0.3 is 5.97 Å². The molecule has 0 saturated heterocycles. The van der Waals surface area contributed by atoms with Gasteiger partial charge in [-0.3, -0.25) is 9.59 Å².